The molecule has 9 heteroatoms. The minimum absolute atomic E-state index is 0.130. The van der Waals surface area contributed by atoms with Crippen molar-refractivity contribution in [3.05, 3.63) is 47.0 Å². The number of carbonyl (C=O) groups excluding carboxylic acids is 1. The van der Waals surface area contributed by atoms with E-state index in [9.17, 15) is 13.2 Å². The molecule has 0 aliphatic carbocycles. The van der Waals surface area contributed by atoms with E-state index < -0.39 is 10.0 Å². The lowest BCUT2D eigenvalue weighted by molar-refractivity contribution is 0.0693. The van der Waals surface area contributed by atoms with Crippen LogP contribution in [-0.2, 0) is 10.0 Å². The lowest BCUT2D eigenvalue weighted by Gasteiger charge is -2.33. The van der Waals surface area contributed by atoms with Crippen LogP contribution in [0.5, 0.6) is 0 Å². The number of carbonyl (C=O) groups is 1. The van der Waals surface area contributed by atoms with Gasteiger partial charge in [-0.25, -0.2) is 13.4 Å². The molecule has 0 N–H and O–H groups in total. The molecule has 0 bridgehead atoms. The Hall–Kier alpha value is -1.71. The third-order valence-corrected chi connectivity index (χ3v) is 8.16. The molecule has 2 aliphatic rings. The van der Waals surface area contributed by atoms with E-state index in [4.69, 9.17) is 0 Å². The van der Waals surface area contributed by atoms with Crippen LogP contribution in [0, 0.1) is 0 Å². The predicted octanol–water partition coefficient (Wildman–Crippen LogP) is 2.91. The number of amides is 1. The Balaban J connectivity index is 1.51. The van der Waals surface area contributed by atoms with Crippen LogP contribution in [0.3, 0.4) is 0 Å². The first-order valence-corrected chi connectivity index (χ1v) is 11.8. The summed E-state index contributed by atoms with van der Waals surface area (Å²) in [5.41, 5.74) is 0.404. The summed E-state index contributed by atoms with van der Waals surface area (Å²) in [5.74, 6) is -0.130. The van der Waals surface area contributed by atoms with Gasteiger partial charge in [0, 0.05) is 49.1 Å². The van der Waals surface area contributed by atoms with E-state index in [2.05, 4.69) is 25.5 Å². The molecule has 0 radical (unpaired) electrons. The van der Waals surface area contributed by atoms with Crippen LogP contribution in [0.2, 0.25) is 0 Å². The molecule has 4 rings (SSSR count). The summed E-state index contributed by atoms with van der Waals surface area (Å²) in [6, 6.07) is 5.09. The number of aromatic nitrogens is 2. The number of hydrogen-bond acceptors (Lipinski definition) is 4. The zero-order valence-electron chi connectivity index (χ0n) is 15.5. The van der Waals surface area contributed by atoms with Crippen LogP contribution in [0.4, 0.5) is 0 Å². The van der Waals surface area contributed by atoms with Gasteiger partial charge in [0.2, 0.25) is 10.0 Å². The Morgan fingerprint density at radius 1 is 1.11 bits per heavy atom. The van der Waals surface area contributed by atoms with Gasteiger partial charge in [0.05, 0.1) is 16.8 Å². The first-order chi connectivity index (χ1) is 13.5. The van der Waals surface area contributed by atoms with Crippen molar-refractivity contribution < 1.29 is 13.2 Å². The SMILES string of the molecule is O=C(c1cc(S(=O)(=O)N2CCCC2)ccc1Br)N1CCC(n2ccnc2)CC1. The number of benzene rings is 1. The highest BCUT2D eigenvalue weighted by atomic mass is 79.9. The molecule has 28 heavy (non-hydrogen) atoms. The second-order valence-electron chi connectivity index (χ2n) is 7.29. The highest BCUT2D eigenvalue weighted by molar-refractivity contribution is 9.10. The molecule has 2 aromatic rings. The molecular formula is C19H23BrN4O3S. The van der Waals surface area contributed by atoms with Gasteiger partial charge in [0.25, 0.3) is 5.91 Å². The van der Waals surface area contributed by atoms with Crippen LogP contribution in [-0.4, -0.2) is 59.3 Å². The fourth-order valence-corrected chi connectivity index (χ4v) is 5.89. The minimum Gasteiger partial charge on any atom is -0.338 e. The third-order valence-electron chi connectivity index (χ3n) is 5.57. The minimum atomic E-state index is -3.55. The second-order valence-corrected chi connectivity index (χ2v) is 10.1. The molecule has 2 fully saturated rings. The average molecular weight is 467 g/mol. The fourth-order valence-electron chi connectivity index (χ4n) is 3.93. The van der Waals surface area contributed by atoms with E-state index in [1.807, 2.05) is 12.5 Å². The summed E-state index contributed by atoms with van der Waals surface area (Å²) in [4.78, 5) is 19.2. The van der Waals surface area contributed by atoms with Crippen LogP contribution in [0.1, 0.15) is 42.1 Å². The van der Waals surface area contributed by atoms with Crippen molar-refractivity contribution in [3.63, 3.8) is 0 Å². The van der Waals surface area contributed by atoms with Gasteiger partial charge < -0.3 is 9.47 Å². The molecule has 150 valence electrons. The Labute approximate surface area is 173 Å². The highest BCUT2D eigenvalue weighted by Crippen LogP contribution is 2.28. The van der Waals surface area contributed by atoms with Crippen molar-refractivity contribution in [2.75, 3.05) is 26.2 Å². The Bertz CT molecular complexity index is 948. The van der Waals surface area contributed by atoms with Crippen molar-refractivity contribution in [2.24, 2.45) is 0 Å². The van der Waals surface area contributed by atoms with Crippen LogP contribution in [0.15, 0.2) is 46.3 Å². The number of halogens is 1. The number of nitrogens with zero attached hydrogens (tertiary/aromatic N) is 4. The van der Waals surface area contributed by atoms with Crippen molar-refractivity contribution in [1.29, 1.82) is 0 Å². The maximum absolute atomic E-state index is 13.1. The zero-order chi connectivity index (χ0) is 19.7. The topological polar surface area (TPSA) is 75.5 Å². The largest absolute Gasteiger partial charge is 0.338 e. The number of likely N-dealkylation sites (tertiary alicyclic amines) is 1. The maximum Gasteiger partial charge on any atom is 0.255 e. The van der Waals surface area contributed by atoms with Gasteiger partial charge in [-0.3, -0.25) is 4.79 Å². The summed E-state index contributed by atoms with van der Waals surface area (Å²) in [6.45, 7) is 2.36. The standard InChI is InChI=1S/C19H23BrN4O3S/c20-18-4-3-16(28(26,27)24-8-1-2-9-24)13-17(18)19(25)22-10-5-15(6-11-22)23-12-7-21-14-23/h3-4,7,12-15H,1-2,5-6,8-11H2. The number of imidazole rings is 1. The number of rotatable bonds is 4. The molecule has 0 unspecified atom stereocenters. The first kappa shape index (κ1) is 19.6. The smallest absolute Gasteiger partial charge is 0.255 e. The molecule has 0 atom stereocenters. The van der Waals surface area contributed by atoms with Gasteiger partial charge >= 0.3 is 0 Å². The van der Waals surface area contributed by atoms with Gasteiger partial charge in [0.1, 0.15) is 0 Å². The molecule has 2 saturated heterocycles. The molecule has 0 saturated carbocycles. The van der Waals surface area contributed by atoms with Crippen LogP contribution in [0.25, 0.3) is 0 Å². The van der Waals surface area contributed by atoms with Gasteiger partial charge in [-0.15, -0.1) is 0 Å². The van der Waals surface area contributed by atoms with E-state index in [1.165, 1.54) is 10.4 Å². The van der Waals surface area contributed by atoms with Crippen molar-refractivity contribution in [1.82, 2.24) is 18.8 Å². The summed E-state index contributed by atoms with van der Waals surface area (Å²) >= 11 is 3.42. The van der Waals surface area contributed by atoms with Crippen molar-refractivity contribution in [2.45, 2.75) is 36.6 Å². The molecule has 1 aromatic carbocycles. The third kappa shape index (κ3) is 3.75. The lowest BCUT2D eigenvalue weighted by atomic mass is 10.0. The molecule has 2 aliphatic heterocycles. The highest BCUT2D eigenvalue weighted by Gasteiger charge is 2.30. The number of hydrogen-bond donors (Lipinski definition) is 0. The van der Waals surface area contributed by atoms with E-state index in [0.717, 1.165) is 25.7 Å². The van der Waals surface area contributed by atoms with E-state index in [-0.39, 0.29) is 10.8 Å². The molecule has 7 nitrogen and oxygen atoms in total. The maximum atomic E-state index is 13.1. The van der Waals surface area contributed by atoms with Crippen LogP contribution >= 0.6 is 15.9 Å². The molecule has 1 aromatic heterocycles. The number of piperidine rings is 1. The van der Waals surface area contributed by atoms with E-state index in [1.54, 1.807) is 23.2 Å². The monoisotopic (exact) mass is 466 g/mol. The summed E-state index contributed by atoms with van der Waals surface area (Å²) in [6.07, 6.45) is 9.00. The van der Waals surface area contributed by atoms with Crippen molar-refractivity contribution in [3.8, 4) is 0 Å². The van der Waals surface area contributed by atoms with Crippen LogP contribution < -0.4 is 0 Å². The molecular weight excluding hydrogens is 444 g/mol. The van der Waals surface area contributed by atoms with Gasteiger partial charge in [-0.1, -0.05) is 0 Å². The summed E-state index contributed by atoms with van der Waals surface area (Å²) in [5, 5.41) is 0. The second kappa shape index (κ2) is 7.96. The lowest BCUT2D eigenvalue weighted by Crippen LogP contribution is -2.39. The molecule has 3 heterocycles. The fraction of sp³-hybridized carbons (Fsp3) is 0.474. The van der Waals surface area contributed by atoms with E-state index in [0.29, 0.717) is 42.3 Å². The van der Waals surface area contributed by atoms with Gasteiger partial charge in [-0.2, -0.15) is 4.31 Å². The Morgan fingerprint density at radius 2 is 1.82 bits per heavy atom. The van der Waals surface area contributed by atoms with E-state index >= 15 is 0 Å². The molecule has 1 amide bonds. The Morgan fingerprint density at radius 3 is 2.46 bits per heavy atom. The quantitative estimate of drug-likeness (QED) is 0.693. The summed E-state index contributed by atoms with van der Waals surface area (Å²) < 4.78 is 29.9. The van der Waals surface area contributed by atoms with Gasteiger partial charge in [0.15, 0.2) is 0 Å². The van der Waals surface area contributed by atoms with Crippen molar-refractivity contribution >= 4 is 31.9 Å². The Kier molecular flexibility index (Phi) is 5.57. The zero-order valence-corrected chi connectivity index (χ0v) is 17.9. The predicted molar refractivity (Wildman–Crippen MR) is 109 cm³/mol. The first-order valence-electron chi connectivity index (χ1n) is 9.53. The van der Waals surface area contributed by atoms with Gasteiger partial charge in [-0.05, 0) is 59.8 Å². The average Bonchev–Trinajstić information content (AvgIpc) is 3.42. The normalized spacial score (nSPS) is 19.2. The summed E-state index contributed by atoms with van der Waals surface area (Å²) in [7, 11) is -3.55. The molecule has 0 spiro atoms. The number of sulfonamides is 1.